The molecule has 1 amide bonds. The van der Waals surface area contributed by atoms with Gasteiger partial charge in [-0.05, 0) is 12.1 Å². The number of para-hydroxylation sites is 2. The molecule has 1 unspecified atom stereocenters. The zero-order chi connectivity index (χ0) is 19.8. The summed E-state index contributed by atoms with van der Waals surface area (Å²) >= 11 is 0. The molecule has 1 aliphatic rings. The van der Waals surface area contributed by atoms with Crippen LogP contribution in [-0.2, 0) is 4.79 Å². The average Bonchev–Trinajstić information content (AvgIpc) is 2.92. The first kappa shape index (κ1) is 20.0. The van der Waals surface area contributed by atoms with Crippen LogP contribution >= 0.6 is 0 Å². The zero-order valence-corrected chi connectivity index (χ0v) is 14.9. The van der Waals surface area contributed by atoms with Crippen molar-refractivity contribution in [3.05, 3.63) is 24.3 Å². The maximum absolute atomic E-state index is 13.1. The van der Waals surface area contributed by atoms with Crippen LogP contribution in [0.4, 0.5) is 13.2 Å². The fourth-order valence-electron chi connectivity index (χ4n) is 2.49. The molecule has 2 rings (SSSR count). The van der Waals surface area contributed by atoms with Gasteiger partial charge < -0.3 is 14.6 Å². The number of alkyl halides is 3. The Morgan fingerprint density at radius 3 is 2.35 bits per heavy atom. The molecule has 1 heterocycles. The van der Waals surface area contributed by atoms with Crippen LogP contribution in [0, 0.1) is 5.41 Å². The standard InChI is InChI=1S/C17H21F3N2O4/c1-15(2,3)16(24)9-13(17(18,19)20)21-22(16)14(23)10-26-12-8-6-5-7-11(12)25-4/h5-8,24H,9-10H2,1-4H3. The molecule has 1 N–H and O–H groups in total. The molecule has 0 aliphatic carbocycles. The normalized spacial score (nSPS) is 20.8. The lowest BCUT2D eigenvalue weighted by Gasteiger charge is -2.41. The van der Waals surface area contributed by atoms with Crippen LogP contribution in [0.3, 0.4) is 0 Å². The largest absolute Gasteiger partial charge is 0.493 e. The monoisotopic (exact) mass is 374 g/mol. The second-order valence-electron chi connectivity index (χ2n) is 6.93. The molecular formula is C17H21F3N2O4. The Hall–Kier alpha value is -2.29. The highest BCUT2D eigenvalue weighted by Crippen LogP contribution is 2.43. The number of amides is 1. The summed E-state index contributed by atoms with van der Waals surface area (Å²) in [6.45, 7) is 3.99. The van der Waals surface area contributed by atoms with Crippen molar-refractivity contribution in [3.63, 3.8) is 0 Å². The van der Waals surface area contributed by atoms with Gasteiger partial charge in [0, 0.05) is 11.8 Å². The number of hydrazone groups is 1. The number of halogens is 3. The molecule has 1 aliphatic heterocycles. The molecule has 144 valence electrons. The van der Waals surface area contributed by atoms with Crippen LogP contribution in [-0.4, -0.2) is 47.4 Å². The highest BCUT2D eigenvalue weighted by molar-refractivity contribution is 5.94. The molecule has 1 aromatic rings. The molecule has 0 aromatic heterocycles. The Morgan fingerprint density at radius 1 is 1.27 bits per heavy atom. The Morgan fingerprint density at radius 2 is 1.85 bits per heavy atom. The van der Waals surface area contributed by atoms with Gasteiger partial charge in [0.2, 0.25) is 0 Å². The average molecular weight is 374 g/mol. The molecule has 0 bridgehead atoms. The van der Waals surface area contributed by atoms with Crippen LogP contribution in [0.25, 0.3) is 0 Å². The maximum Gasteiger partial charge on any atom is 0.431 e. The van der Waals surface area contributed by atoms with Crippen molar-refractivity contribution in [1.29, 1.82) is 0 Å². The molecular weight excluding hydrogens is 353 g/mol. The lowest BCUT2D eigenvalue weighted by Crippen LogP contribution is -2.56. The minimum atomic E-state index is -4.74. The molecule has 1 atom stereocenters. The summed E-state index contributed by atoms with van der Waals surface area (Å²) < 4.78 is 49.6. The van der Waals surface area contributed by atoms with E-state index >= 15 is 0 Å². The van der Waals surface area contributed by atoms with E-state index < -0.39 is 42.0 Å². The smallest absolute Gasteiger partial charge is 0.431 e. The van der Waals surface area contributed by atoms with E-state index in [1.807, 2.05) is 0 Å². The second kappa shape index (κ2) is 6.79. The molecule has 1 aromatic carbocycles. The SMILES string of the molecule is COc1ccccc1OCC(=O)N1N=C(C(F)(F)F)CC1(O)C(C)(C)C. The highest BCUT2D eigenvalue weighted by atomic mass is 19.4. The van der Waals surface area contributed by atoms with Gasteiger partial charge in [0.1, 0.15) is 5.71 Å². The van der Waals surface area contributed by atoms with E-state index in [2.05, 4.69) is 5.10 Å². The van der Waals surface area contributed by atoms with Gasteiger partial charge in [0.05, 0.1) is 7.11 Å². The van der Waals surface area contributed by atoms with Gasteiger partial charge in [0.15, 0.2) is 23.8 Å². The molecule has 0 fully saturated rings. The molecule has 26 heavy (non-hydrogen) atoms. The fourth-order valence-corrected chi connectivity index (χ4v) is 2.49. The predicted molar refractivity (Wildman–Crippen MR) is 87.8 cm³/mol. The number of ether oxygens (including phenoxy) is 2. The summed E-state index contributed by atoms with van der Waals surface area (Å²) in [6, 6.07) is 6.52. The van der Waals surface area contributed by atoms with Gasteiger partial charge in [-0.3, -0.25) is 4.79 Å². The van der Waals surface area contributed by atoms with Crippen molar-refractivity contribution in [1.82, 2.24) is 5.01 Å². The summed E-state index contributed by atoms with van der Waals surface area (Å²) in [7, 11) is 1.42. The molecule has 0 saturated carbocycles. The van der Waals surface area contributed by atoms with Gasteiger partial charge in [-0.25, -0.2) is 0 Å². The first-order valence-corrected chi connectivity index (χ1v) is 7.86. The van der Waals surface area contributed by atoms with E-state index in [0.717, 1.165) is 0 Å². The van der Waals surface area contributed by atoms with Crippen molar-refractivity contribution in [2.75, 3.05) is 13.7 Å². The number of methoxy groups -OCH3 is 1. The summed E-state index contributed by atoms with van der Waals surface area (Å²) in [6.07, 6.45) is -5.54. The van der Waals surface area contributed by atoms with E-state index in [1.54, 1.807) is 24.3 Å². The Kier molecular flexibility index (Phi) is 5.23. The summed E-state index contributed by atoms with van der Waals surface area (Å²) in [5.74, 6) is -0.276. The third-order valence-corrected chi connectivity index (χ3v) is 4.17. The lowest BCUT2D eigenvalue weighted by atomic mass is 9.80. The van der Waals surface area contributed by atoms with Gasteiger partial charge >= 0.3 is 6.18 Å². The van der Waals surface area contributed by atoms with Crippen molar-refractivity contribution in [3.8, 4) is 11.5 Å². The van der Waals surface area contributed by atoms with Crippen molar-refractivity contribution in [2.24, 2.45) is 10.5 Å². The number of carbonyl (C=O) groups excluding carboxylic acids is 1. The first-order valence-electron chi connectivity index (χ1n) is 7.86. The third kappa shape index (κ3) is 3.77. The maximum atomic E-state index is 13.1. The number of hydrogen-bond donors (Lipinski definition) is 1. The van der Waals surface area contributed by atoms with E-state index in [4.69, 9.17) is 9.47 Å². The lowest BCUT2D eigenvalue weighted by molar-refractivity contribution is -0.183. The summed E-state index contributed by atoms with van der Waals surface area (Å²) in [5, 5.41) is 14.6. The van der Waals surface area contributed by atoms with Gasteiger partial charge in [0.25, 0.3) is 5.91 Å². The van der Waals surface area contributed by atoms with Gasteiger partial charge in [-0.15, -0.1) is 0 Å². The van der Waals surface area contributed by atoms with E-state index in [0.29, 0.717) is 10.8 Å². The number of rotatable bonds is 4. The fraction of sp³-hybridized carbons (Fsp3) is 0.529. The van der Waals surface area contributed by atoms with Crippen molar-refractivity contribution >= 4 is 11.6 Å². The third-order valence-electron chi connectivity index (χ3n) is 4.17. The number of hydrogen-bond acceptors (Lipinski definition) is 5. The zero-order valence-electron chi connectivity index (χ0n) is 14.9. The Bertz CT molecular complexity index is 713. The van der Waals surface area contributed by atoms with E-state index in [1.165, 1.54) is 27.9 Å². The molecule has 0 radical (unpaired) electrons. The van der Waals surface area contributed by atoms with Gasteiger partial charge in [-0.1, -0.05) is 32.9 Å². The van der Waals surface area contributed by atoms with Crippen molar-refractivity contribution in [2.45, 2.75) is 39.1 Å². The second-order valence-corrected chi connectivity index (χ2v) is 6.93. The number of aliphatic hydroxyl groups is 1. The Balaban J connectivity index is 2.24. The first-order chi connectivity index (χ1) is 11.9. The van der Waals surface area contributed by atoms with Crippen molar-refractivity contribution < 1.29 is 32.5 Å². The molecule has 6 nitrogen and oxygen atoms in total. The van der Waals surface area contributed by atoms with Crippen LogP contribution in [0.2, 0.25) is 0 Å². The summed E-state index contributed by atoms with van der Waals surface area (Å²) in [5.41, 5.74) is -4.39. The topological polar surface area (TPSA) is 71.4 Å². The minimum Gasteiger partial charge on any atom is -0.493 e. The van der Waals surface area contributed by atoms with E-state index in [9.17, 15) is 23.1 Å². The quantitative estimate of drug-likeness (QED) is 0.880. The predicted octanol–water partition coefficient (Wildman–Crippen LogP) is 2.96. The van der Waals surface area contributed by atoms with E-state index in [-0.39, 0.29) is 5.75 Å². The van der Waals surface area contributed by atoms with Crippen LogP contribution in [0.1, 0.15) is 27.2 Å². The summed E-state index contributed by atoms with van der Waals surface area (Å²) in [4.78, 5) is 12.5. The molecule has 9 heteroatoms. The number of nitrogens with zero attached hydrogens (tertiary/aromatic N) is 2. The molecule has 0 spiro atoms. The van der Waals surface area contributed by atoms with Crippen LogP contribution < -0.4 is 9.47 Å². The Labute approximate surface area is 149 Å². The minimum absolute atomic E-state index is 0.252. The molecule has 0 saturated heterocycles. The number of carbonyl (C=O) groups is 1. The highest BCUT2D eigenvalue weighted by Gasteiger charge is 2.57. The van der Waals surface area contributed by atoms with Gasteiger partial charge in [-0.2, -0.15) is 23.3 Å². The number of benzene rings is 1. The van der Waals surface area contributed by atoms with Crippen LogP contribution in [0.5, 0.6) is 11.5 Å². The van der Waals surface area contributed by atoms with Crippen LogP contribution in [0.15, 0.2) is 29.4 Å².